The van der Waals surface area contributed by atoms with Crippen molar-refractivity contribution in [3.63, 3.8) is 0 Å². The van der Waals surface area contributed by atoms with E-state index in [1.807, 2.05) is 50.2 Å². The van der Waals surface area contributed by atoms with Crippen LogP contribution in [0.5, 0.6) is 0 Å². The maximum absolute atomic E-state index is 12.4. The van der Waals surface area contributed by atoms with Crippen LogP contribution in [0.1, 0.15) is 16.1 Å². The summed E-state index contributed by atoms with van der Waals surface area (Å²) in [4.78, 5) is 18.5. The van der Waals surface area contributed by atoms with Crippen LogP contribution in [-0.2, 0) is 0 Å². The second-order valence-corrected chi connectivity index (χ2v) is 6.91. The first-order valence-electron chi connectivity index (χ1n) is 7.43. The second-order valence-electron chi connectivity index (χ2n) is 5.67. The molecule has 0 aliphatic rings. The van der Waals surface area contributed by atoms with Gasteiger partial charge in [-0.3, -0.25) is 4.90 Å². The van der Waals surface area contributed by atoms with Gasteiger partial charge in [0.1, 0.15) is 0 Å². The minimum atomic E-state index is -0.167. The van der Waals surface area contributed by atoms with Crippen molar-refractivity contribution in [1.29, 1.82) is 0 Å². The van der Waals surface area contributed by atoms with Crippen molar-refractivity contribution in [3.05, 3.63) is 52.5 Å². The molecule has 118 valence electrons. The van der Waals surface area contributed by atoms with Gasteiger partial charge in [-0.1, -0.05) is 6.07 Å². The third-order valence-corrected chi connectivity index (χ3v) is 4.88. The molecule has 1 heterocycles. The van der Waals surface area contributed by atoms with Gasteiger partial charge in [0.05, 0.1) is 15.2 Å². The van der Waals surface area contributed by atoms with E-state index in [-0.39, 0.29) is 6.03 Å². The largest absolute Gasteiger partial charge is 0.326 e. The van der Waals surface area contributed by atoms with Crippen molar-refractivity contribution >= 4 is 39.0 Å². The smallest absolute Gasteiger partial charge is 0.307 e. The molecule has 4 nitrogen and oxygen atoms in total. The third-order valence-electron chi connectivity index (χ3n) is 3.93. The van der Waals surface area contributed by atoms with Crippen molar-refractivity contribution in [2.45, 2.75) is 20.8 Å². The normalized spacial score (nSPS) is 10.8. The summed E-state index contributed by atoms with van der Waals surface area (Å²) in [7, 11) is 1.77. The van der Waals surface area contributed by atoms with Crippen molar-refractivity contribution in [2.24, 2.45) is 0 Å². The number of urea groups is 1. The van der Waals surface area contributed by atoms with Crippen molar-refractivity contribution < 1.29 is 4.79 Å². The minimum absolute atomic E-state index is 0.167. The summed E-state index contributed by atoms with van der Waals surface area (Å²) in [5.41, 5.74) is 4.92. The zero-order valence-corrected chi connectivity index (χ0v) is 14.5. The predicted molar refractivity (Wildman–Crippen MR) is 97.7 cm³/mol. The molecule has 0 bridgehead atoms. The Kier molecular flexibility index (Phi) is 4.05. The van der Waals surface area contributed by atoms with Crippen LogP contribution in [0.2, 0.25) is 0 Å². The Balaban J connectivity index is 1.79. The first kappa shape index (κ1) is 15.5. The Morgan fingerprint density at radius 3 is 2.61 bits per heavy atom. The first-order valence-corrected chi connectivity index (χ1v) is 8.25. The van der Waals surface area contributed by atoms with Crippen molar-refractivity contribution in [1.82, 2.24) is 4.98 Å². The van der Waals surface area contributed by atoms with Gasteiger partial charge < -0.3 is 5.32 Å². The first-order chi connectivity index (χ1) is 10.9. The predicted octanol–water partition coefficient (Wildman–Crippen LogP) is 4.89. The fourth-order valence-electron chi connectivity index (χ4n) is 2.38. The lowest BCUT2D eigenvalue weighted by Crippen LogP contribution is -2.31. The summed E-state index contributed by atoms with van der Waals surface area (Å²) in [5, 5.41) is 3.95. The number of thiazole rings is 1. The van der Waals surface area contributed by atoms with Crippen LogP contribution in [0.25, 0.3) is 10.2 Å². The highest BCUT2D eigenvalue weighted by molar-refractivity contribution is 7.18. The van der Waals surface area contributed by atoms with Crippen molar-refractivity contribution in [3.8, 4) is 0 Å². The van der Waals surface area contributed by atoms with Gasteiger partial charge in [-0.05, 0) is 62.2 Å². The van der Waals surface area contributed by atoms with Crippen LogP contribution in [0.15, 0.2) is 36.4 Å². The number of aryl methyl sites for hydroxylation is 3. The van der Waals surface area contributed by atoms with Gasteiger partial charge in [0.15, 0.2) is 0 Å². The standard InChI is InChI=1S/C18H19N3OS/c1-11-5-7-15(9-12(11)2)21(4)18(22)20-14-6-8-17-16(10-14)19-13(3)23-17/h5-10H,1-4H3,(H,20,22). The Morgan fingerprint density at radius 2 is 1.87 bits per heavy atom. The van der Waals surface area contributed by atoms with Crippen LogP contribution in [0.4, 0.5) is 16.2 Å². The molecule has 0 atom stereocenters. The zero-order chi connectivity index (χ0) is 16.6. The monoisotopic (exact) mass is 325 g/mol. The number of fused-ring (bicyclic) bond motifs is 1. The number of hydrogen-bond donors (Lipinski definition) is 1. The average molecular weight is 325 g/mol. The molecule has 0 radical (unpaired) electrons. The van der Waals surface area contributed by atoms with Crippen LogP contribution in [0, 0.1) is 20.8 Å². The van der Waals surface area contributed by atoms with Crippen molar-refractivity contribution in [2.75, 3.05) is 17.3 Å². The summed E-state index contributed by atoms with van der Waals surface area (Å²) >= 11 is 1.65. The number of rotatable bonds is 2. The number of benzene rings is 2. The number of nitrogens with one attached hydrogen (secondary N) is 1. The number of carbonyl (C=O) groups excluding carboxylic acids is 1. The lowest BCUT2D eigenvalue weighted by Gasteiger charge is -2.19. The molecule has 0 saturated heterocycles. The van der Waals surface area contributed by atoms with E-state index in [0.29, 0.717) is 0 Å². The lowest BCUT2D eigenvalue weighted by molar-refractivity contribution is 0.258. The molecule has 5 heteroatoms. The Labute approximate surface area is 139 Å². The fraction of sp³-hybridized carbons (Fsp3) is 0.222. The Morgan fingerprint density at radius 1 is 1.09 bits per heavy atom. The number of carbonyl (C=O) groups is 1. The van der Waals surface area contributed by atoms with Gasteiger partial charge in [-0.15, -0.1) is 11.3 Å². The highest BCUT2D eigenvalue weighted by atomic mass is 32.1. The van der Waals surface area contributed by atoms with Crippen LogP contribution < -0.4 is 10.2 Å². The maximum atomic E-state index is 12.4. The summed E-state index contributed by atoms with van der Waals surface area (Å²) in [6.07, 6.45) is 0. The van der Waals surface area contributed by atoms with Crippen LogP contribution in [0.3, 0.4) is 0 Å². The van der Waals surface area contributed by atoms with E-state index in [9.17, 15) is 4.79 Å². The van der Waals surface area contributed by atoms with Gasteiger partial charge >= 0.3 is 6.03 Å². The maximum Gasteiger partial charge on any atom is 0.326 e. The molecular formula is C18H19N3OS. The third kappa shape index (κ3) is 3.19. The second kappa shape index (κ2) is 6.01. The molecule has 0 saturated carbocycles. The minimum Gasteiger partial charge on any atom is -0.307 e. The molecule has 1 N–H and O–H groups in total. The molecule has 23 heavy (non-hydrogen) atoms. The molecule has 0 fully saturated rings. The molecular weight excluding hydrogens is 306 g/mol. The van der Waals surface area contributed by atoms with Gasteiger partial charge in [0, 0.05) is 18.4 Å². The van der Waals surface area contributed by atoms with E-state index in [4.69, 9.17) is 0 Å². The van der Waals surface area contributed by atoms with Gasteiger partial charge in [0.25, 0.3) is 0 Å². The van der Waals surface area contributed by atoms with Crippen LogP contribution >= 0.6 is 11.3 Å². The molecule has 1 aromatic heterocycles. The Hall–Kier alpha value is -2.40. The molecule has 0 spiro atoms. The molecule has 2 aromatic carbocycles. The molecule has 3 rings (SSSR count). The highest BCUT2D eigenvalue weighted by Gasteiger charge is 2.12. The van der Waals surface area contributed by atoms with E-state index >= 15 is 0 Å². The van der Waals surface area contributed by atoms with E-state index in [0.717, 1.165) is 26.6 Å². The molecule has 3 aromatic rings. The molecule has 0 unspecified atom stereocenters. The molecule has 0 aliphatic heterocycles. The van der Waals surface area contributed by atoms with E-state index < -0.39 is 0 Å². The highest BCUT2D eigenvalue weighted by Crippen LogP contribution is 2.25. The summed E-state index contributed by atoms with van der Waals surface area (Å²) in [6.45, 7) is 6.09. The van der Waals surface area contributed by atoms with E-state index in [1.165, 1.54) is 11.1 Å². The summed E-state index contributed by atoms with van der Waals surface area (Å²) in [6, 6.07) is 11.6. The number of hydrogen-bond acceptors (Lipinski definition) is 3. The quantitative estimate of drug-likeness (QED) is 0.729. The Bertz CT molecular complexity index is 885. The topological polar surface area (TPSA) is 45.2 Å². The van der Waals surface area contributed by atoms with Gasteiger partial charge in [0.2, 0.25) is 0 Å². The molecule has 0 aliphatic carbocycles. The van der Waals surface area contributed by atoms with Crippen LogP contribution in [-0.4, -0.2) is 18.1 Å². The fourth-order valence-corrected chi connectivity index (χ4v) is 3.19. The number of anilines is 2. The van der Waals surface area contributed by atoms with Gasteiger partial charge in [-0.2, -0.15) is 0 Å². The average Bonchev–Trinajstić information content (AvgIpc) is 2.88. The summed E-state index contributed by atoms with van der Waals surface area (Å²) in [5.74, 6) is 0. The lowest BCUT2D eigenvalue weighted by atomic mass is 10.1. The SMILES string of the molecule is Cc1nc2cc(NC(=O)N(C)c3ccc(C)c(C)c3)ccc2s1. The molecule has 2 amide bonds. The zero-order valence-electron chi connectivity index (χ0n) is 13.7. The summed E-state index contributed by atoms with van der Waals surface area (Å²) < 4.78 is 1.13. The number of amides is 2. The van der Waals surface area contributed by atoms with Gasteiger partial charge in [-0.25, -0.2) is 9.78 Å². The van der Waals surface area contributed by atoms with E-state index in [1.54, 1.807) is 23.3 Å². The van der Waals surface area contributed by atoms with E-state index in [2.05, 4.69) is 17.2 Å². The number of aromatic nitrogens is 1. The number of nitrogens with zero attached hydrogens (tertiary/aromatic N) is 2.